The van der Waals surface area contributed by atoms with Crippen LogP contribution in [-0.4, -0.2) is 104 Å². The first-order valence-corrected chi connectivity index (χ1v) is 12.9. The monoisotopic (exact) mass is 526 g/mol. The fourth-order valence-electron chi connectivity index (χ4n) is 2.25. The third-order valence-corrected chi connectivity index (χ3v) is 3.99. The van der Waals surface area contributed by atoms with E-state index in [0.717, 1.165) is 32.5 Å². The lowest BCUT2D eigenvalue weighted by Gasteiger charge is -2.06. The molecule has 10 heteroatoms. The summed E-state index contributed by atoms with van der Waals surface area (Å²) in [5.74, 6) is -0.441. The molecule has 0 spiro atoms. The highest BCUT2D eigenvalue weighted by molar-refractivity contribution is 5.69. The third kappa shape index (κ3) is 37.3. The molecule has 0 aliphatic carbocycles. The van der Waals surface area contributed by atoms with E-state index < -0.39 is 0 Å². The summed E-state index contributed by atoms with van der Waals surface area (Å²) in [5.41, 5.74) is 0. The minimum atomic E-state index is -0.221. The van der Waals surface area contributed by atoms with E-state index in [4.69, 9.17) is 37.9 Å². The SMILES string of the molecule is C.CCCCOCCOCCOCCC(=O)OCC.CCCOCCOCCOCCC(=O)OCC. The van der Waals surface area contributed by atoms with Crippen LogP contribution in [0.25, 0.3) is 0 Å². The summed E-state index contributed by atoms with van der Waals surface area (Å²) in [5, 5.41) is 0. The summed E-state index contributed by atoms with van der Waals surface area (Å²) < 4.78 is 41.1. The first-order valence-electron chi connectivity index (χ1n) is 12.9. The van der Waals surface area contributed by atoms with Crippen LogP contribution < -0.4 is 0 Å². The van der Waals surface area contributed by atoms with Gasteiger partial charge in [0.05, 0.1) is 92.1 Å². The van der Waals surface area contributed by atoms with Crippen molar-refractivity contribution in [2.75, 3.05) is 92.5 Å². The molecular weight excluding hydrogens is 472 g/mol. The van der Waals surface area contributed by atoms with Crippen molar-refractivity contribution >= 4 is 11.9 Å². The summed E-state index contributed by atoms with van der Waals surface area (Å²) in [6.45, 7) is 15.4. The maximum Gasteiger partial charge on any atom is 0.308 e. The highest BCUT2D eigenvalue weighted by Crippen LogP contribution is 1.91. The normalized spacial score (nSPS) is 10.2. The van der Waals surface area contributed by atoms with Crippen LogP contribution in [0, 0.1) is 0 Å². The number of unbranched alkanes of at least 4 members (excludes halogenated alkanes) is 1. The maximum atomic E-state index is 11.0. The van der Waals surface area contributed by atoms with Crippen LogP contribution in [0.4, 0.5) is 0 Å². The number of hydrogen-bond acceptors (Lipinski definition) is 10. The minimum Gasteiger partial charge on any atom is -0.466 e. The number of rotatable bonds is 25. The van der Waals surface area contributed by atoms with Crippen molar-refractivity contribution in [1.82, 2.24) is 0 Å². The Bertz CT molecular complexity index is 435. The van der Waals surface area contributed by atoms with Crippen molar-refractivity contribution in [3.63, 3.8) is 0 Å². The maximum absolute atomic E-state index is 11.0. The van der Waals surface area contributed by atoms with Crippen LogP contribution in [-0.2, 0) is 47.5 Å². The molecule has 218 valence electrons. The summed E-state index contributed by atoms with van der Waals surface area (Å²) in [7, 11) is 0. The molecule has 0 aromatic carbocycles. The average Bonchev–Trinajstić information content (AvgIpc) is 2.84. The van der Waals surface area contributed by atoms with Gasteiger partial charge in [-0.2, -0.15) is 0 Å². The molecule has 0 rings (SSSR count). The molecule has 0 aliphatic heterocycles. The highest BCUT2D eigenvalue weighted by Gasteiger charge is 2.01. The van der Waals surface area contributed by atoms with Crippen molar-refractivity contribution in [3.05, 3.63) is 0 Å². The Kier molecular flexibility index (Phi) is 39.1. The summed E-state index contributed by atoms with van der Waals surface area (Å²) in [6, 6.07) is 0. The standard InChI is InChI=1S/C13H26O5.C12H24O5.CH4/c1-3-5-7-15-9-11-17-12-10-16-8-6-13(14)18-4-2;1-3-6-14-8-10-16-11-9-15-7-5-12(13)17-4-2;/h3-12H2,1-2H3;3-11H2,1-2H3;1H4. The van der Waals surface area contributed by atoms with E-state index in [2.05, 4.69) is 13.8 Å². The van der Waals surface area contributed by atoms with E-state index in [1.807, 2.05) is 0 Å². The second kappa shape index (κ2) is 35.9. The van der Waals surface area contributed by atoms with Gasteiger partial charge in [0.25, 0.3) is 0 Å². The lowest BCUT2D eigenvalue weighted by Crippen LogP contribution is -2.12. The Labute approximate surface area is 219 Å². The zero-order chi connectivity index (χ0) is 26.2. The molecule has 0 saturated carbocycles. The molecule has 10 nitrogen and oxygen atoms in total. The van der Waals surface area contributed by atoms with Crippen LogP contribution in [0.1, 0.15) is 67.2 Å². The Morgan fingerprint density at radius 2 is 0.778 bits per heavy atom. The van der Waals surface area contributed by atoms with E-state index in [1.165, 1.54) is 0 Å². The second-order valence-electron chi connectivity index (χ2n) is 7.14. The van der Waals surface area contributed by atoms with Crippen LogP contribution in [0.15, 0.2) is 0 Å². The smallest absolute Gasteiger partial charge is 0.308 e. The van der Waals surface area contributed by atoms with Crippen LogP contribution in [0.5, 0.6) is 0 Å². The van der Waals surface area contributed by atoms with Gasteiger partial charge in [-0.15, -0.1) is 0 Å². The van der Waals surface area contributed by atoms with Gasteiger partial charge in [-0.05, 0) is 26.7 Å². The van der Waals surface area contributed by atoms with E-state index in [-0.39, 0.29) is 19.4 Å². The Morgan fingerprint density at radius 1 is 0.444 bits per heavy atom. The van der Waals surface area contributed by atoms with Gasteiger partial charge in [0.1, 0.15) is 0 Å². The Hall–Kier alpha value is -1.30. The predicted molar refractivity (Wildman–Crippen MR) is 139 cm³/mol. The van der Waals surface area contributed by atoms with Crippen molar-refractivity contribution in [3.8, 4) is 0 Å². The molecule has 0 N–H and O–H groups in total. The van der Waals surface area contributed by atoms with Gasteiger partial charge in [0.2, 0.25) is 0 Å². The van der Waals surface area contributed by atoms with Crippen molar-refractivity contribution < 1.29 is 47.5 Å². The predicted octanol–water partition coefficient (Wildman–Crippen LogP) is 3.83. The van der Waals surface area contributed by atoms with Crippen LogP contribution in [0.2, 0.25) is 0 Å². The van der Waals surface area contributed by atoms with E-state index in [0.29, 0.717) is 92.1 Å². The number of carbonyl (C=O) groups is 2. The van der Waals surface area contributed by atoms with Gasteiger partial charge in [0.15, 0.2) is 0 Å². The second-order valence-corrected chi connectivity index (χ2v) is 7.14. The van der Waals surface area contributed by atoms with Crippen LogP contribution >= 0.6 is 0 Å². The molecule has 0 bridgehead atoms. The van der Waals surface area contributed by atoms with Gasteiger partial charge in [-0.1, -0.05) is 27.7 Å². The zero-order valence-electron chi connectivity index (χ0n) is 22.5. The van der Waals surface area contributed by atoms with E-state index in [9.17, 15) is 9.59 Å². The molecule has 0 aromatic heterocycles. The molecule has 0 aromatic rings. The first-order chi connectivity index (χ1) is 17.1. The molecular formula is C26H54O10. The van der Waals surface area contributed by atoms with Gasteiger partial charge in [0, 0.05) is 13.2 Å². The van der Waals surface area contributed by atoms with Gasteiger partial charge >= 0.3 is 11.9 Å². The van der Waals surface area contributed by atoms with E-state index in [1.54, 1.807) is 13.8 Å². The summed E-state index contributed by atoms with van der Waals surface area (Å²) in [4.78, 5) is 21.9. The lowest BCUT2D eigenvalue weighted by molar-refractivity contribution is -0.145. The van der Waals surface area contributed by atoms with Crippen LogP contribution in [0.3, 0.4) is 0 Å². The van der Waals surface area contributed by atoms with Gasteiger partial charge in [-0.3, -0.25) is 9.59 Å². The number of carbonyl (C=O) groups excluding carboxylic acids is 2. The van der Waals surface area contributed by atoms with Crippen molar-refractivity contribution in [1.29, 1.82) is 0 Å². The third-order valence-electron chi connectivity index (χ3n) is 3.99. The molecule has 0 atom stereocenters. The number of ether oxygens (including phenoxy) is 8. The number of hydrogen-bond donors (Lipinski definition) is 0. The highest BCUT2D eigenvalue weighted by atomic mass is 16.6. The summed E-state index contributed by atoms with van der Waals surface area (Å²) in [6.07, 6.45) is 3.87. The Balaban J connectivity index is -0.000000590. The quantitative estimate of drug-likeness (QED) is 0.129. The number of esters is 2. The zero-order valence-corrected chi connectivity index (χ0v) is 22.5. The molecule has 0 saturated heterocycles. The summed E-state index contributed by atoms with van der Waals surface area (Å²) >= 11 is 0. The topological polar surface area (TPSA) is 108 Å². The lowest BCUT2D eigenvalue weighted by atomic mass is 10.4. The molecule has 0 heterocycles. The van der Waals surface area contributed by atoms with E-state index >= 15 is 0 Å². The van der Waals surface area contributed by atoms with Crippen molar-refractivity contribution in [2.45, 2.75) is 67.2 Å². The molecule has 36 heavy (non-hydrogen) atoms. The van der Waals surface area contributed by atoms with Crippen molar-refractivity contribution in [2.24, 2.45) is 0 Å². The Morgan fingerprint density at radius 3 is 1.11 bits per heavy atom. The fraction of sp³-hybridized carbons (Fsp3) is 0.923. The molecule has 0 radical (unpaired) electrons. The first kappa shape index (κ1) is 39.2. The van der Waals surface area contributed by atoms with Gasteiger partial charge in [-0.25, -0.2) is 0 Å². The molecule has 0 fully saturated rings. The minimum absolute atomic E-state index is 0. The molecule has 0 aliphatic rings. The fourth-order valence-corrected chi connectivity index (χ4v) is 2.25. The largest absolute Gasteiger partial charge is 0.466 e. The average molecular weight is 527 g/mol. The molecule has 0 amide bonds. The van der Waals surface area contributed by atoms with Gasteiger partial charge < -0.3 is 37.9 Å². The molecule has 0 unspecified atom stereocenters.